The molecule has 0 aliphatic heterocycles. The zero-order valence-electron chi connectivity index (χ0n) is 17.3. The van der Waals surface area contributed by atoms with Gasteiger partial charge in [0.25, 0.3) is 5.56 Å². The number of aromatic nitrogens is 4. The minimum atomic E-state index is -0.334. The number of rotatable bonds is 7. The average Bonchev–Trinajstić information content (AvgIpc) is 2.73. The first-order valence-electron chi connectivity index (χ1n) is 9.59. The summed E-state index contributed by atoms with van der Waals surface area (Å²) in [6, 6.07) is 5.54. The van der Waals surface area contributed by atoms with Crippen LogP contribution in [0.15, 0.2) is 41.6 Å². The Morgan fingerprint density at radius 2 is 2.07 bits per heavy atom. The van der Waals surface area contributed by atoms with Crippen LogP contribution >= 0.6 is 0 Å². The number of nitrogen functional groups attached to an aromatic ring is 1. The van der Waals surface area contributed by atoms with Gasteiger partial charge in [-0.1, -0.05) is 6.07 Å². The SMILES string of the molecule is CNC(=O)Cc1cc(N)c(-n2c(C)cnc(NCCc3cccnc3)c2=O)nc1C. The van der Waals surface area contributed by atoms with Crippen molar-refractivity contribution in [2.45, 2.75) is 26.7 Å². The Morgan fingerprint density at radius 1 is 1.27 bits per heavy atom. The lowest BCUT2D eigenvalue weighted by Crippen LogP contribution is -2.28. The second kappa shape index (κ2) is 9.17. The van der Waals surface area contributed by atoms with Crippen molar-refractivity contribution in [2.24, 2.45) is 0 Å². The molecule has 9 heteroatoms. The van der Waals surface area contributed by atoms with E-state index in [1.54, 1.807) is 45.6 Å². The highest BCUT2D eigenvalue weighted by atomic mass is 16.1. The Kier molecular flexibility index (Phi) is 6.41. The number of hydrogen-bond donors (Lipinski definition) is 3. The first-order chi connectivity index (χ1) is 14.4. The summed E-state index contributed by atoms with van der Waals surface area (Å²) in [5.41, 5.74) is 9.20. The molecule has 3 aromatic heterocycles. The van der Waals surface area contributed by atoms with Gasteiger partial charge in [0, 0.05) is 43.6 Å². The molecule has 1 amide bonds. The molecule has 0 saturated heterocycles. The highest BCUT2D eigenvalue weighted by molar-refractivity contribution is 5.79. The van der Waals surface area contributed by atoms with E-state index in [0.29, 0.717) is 41.4 Å². The van der Waals surface area contributed by atoms with Crippen LogP contribution in [0, 0.1) is 13.8 Å². The summed E-state index contributed by atoms with van der Waals surface area (Å²) in [4.78, 5) is 37.6. The van der Waals surface area contributed by atoms with E-state index in [4.69, 9.17) is 5.73 Å². The fraction of sp³-hybridized carbons (Fsp3) is 0.286. The molecule has 0 aliphatic rings. The normalized spacial score (nSPS) is 10.6. The van der Waals surface area contributed by atoms with Gasteiger partial charge in [-0.2, -0.15) is 0 Å². The molecule has 0 unspecified atom stereocenters. The molecular formula is C21H25N7O2. The van der Waals surface area contributed by atoms with Crippen molar-refractivity contribution < 1.29 is 4.79 Å². The van der Waals surface area contributed by atoms with E-state index < -0.39 is 0 Å². The lowest BCUT2D eigenvalue weighted by Gasteiger charge is -2.15. The number of nitrogens with zero attached hydrogens (tertiary/aromatic N) is 4. The molecule has 156 valence electrons. The zero-order valence-corrected chi connectivity index (χ0v) is 17.3. The highest BCUT2D eigenvalue weighted by Crippen LogP contribution is 2.20. The van der Waals surface area contributed by atoms with Gasteiger partial charge < -0.3 is 16.4 Å². The summed E-state index contributed by atoms with van der Waals surface area (Å²) in [5.74, 6) is 0.413. The molecule has 0 saturated carbocycles. The van der Waals surface area contributed by atoms with Crippen molar-refractivity contribution >= 4 is 17.4 Å². The lowest BCUT2D eigenvalue weighted by molar-refractivity contribution is -0.119. The number of hydrogen-bond acceptors (Lipinski definition) is 7. The maximum Gasteiger partial charge on any atom is 0.299 e. The van der Waals surface area contributed by atoms with Crippen molar-refractivity contribution in [1.29, 1.82) is 0 Å². The molecule has 0 fully saturated rings. The standard InChI is InChI=1S/C21H25N7O2/c1-13-11-26-19(25-8-6-15-5-4-7-24-12-15)21(30)28(13)20-17(22)9-16(14(2)27-20)10-18(29)23-3/h4-5,7,9,11-12H,6,8,10,22H2,1-3H3,(H,23,29)(H,25,26). The van der Waals surface area contributed by atoms with Crippen LogP contribution in [0.5, 0.6) is 0 Å². The number of carbonyl (C=O) groups excluding carboxylic acids is 1. The monoisotopic (exact) mass is 407 g/mol. The van der Waals surface area contributed by atoms with Crippen LogP contribution in [-0.2, 0) is 17.6 Å². The second-order valence-corrected chi connectivity index (χ2v) is 6.92. The molecule has 30 heavy (non-hydrogen) atoms. The van der Waals surface area contributed by atoms with Crippen LogP contribution in [0.1, 0.15) is 22.5 Å². The van der Waals surface area contributed by atoms with E-state index in [9.17, 15) is 9.59 Å². The Morgan fingerprint density at radius 3 is 2.77 bits per heavy atom. The summed E-state index contributed by atoms with van der Waals surface area (Å²) < 4.78 is 1.44. The van der Waals surface area contributed by atoms with Gasteiger partial charge in [-0.3, -0.25) is 19.1 Å². The van der Waals surface area contributed by atoms with E-state index in [1.807, 2.05) is 12.1 Å². The Labute approximate surface area is 174 Å². The van der Waals surface area contributed by atoms with Crippen LogP contribution in [0.2, 0.25) is 0 Å². The Balaban J connectivity index is 1.89. The van der Waals surface area contributed by atoms with Crippen molar-refractivity contribution in [3.8, 4) is 5.82 Å². The van der Waals surface area contributed by atoms with E-state index in [2.05, 4.69) is 25.6 Å². The third kappa shape index (κ3) is 4.62. The molecule has 3 aromatic rings. The number of aryl methyl sites for hydroxylation is 2. The van der Waals surface area contributed by atoms with Gasteiger partial charge in [-0.15, -0.1) is 0 Å². The van der Waals surface area contributed by atoms with Crippen molar-refractivity contribution in [1.82, 2.24) is 24.8 Å². The molecular weight excluding hydrogens is 382 g/mol. The Bertz CT molecular complexity index is 1110. The fourth-order valence-electron chi connectivity index (χ4n) is 3.06. The van der Waals surface area contributed by atoms with Gasteiger partial charge in [-0.05, 0) is 43.5 Å². The maximum absolute atomic E-state index is 13.1. The van der Waals surface area contributed by atoms with Crippen molar-refractivity contribution in [3.63, 3.8) is 0 Å². The summed E-state index contributed by atoms with van der Waals surface area (Å²) in [5, 5.41) is 5.66. The molecule has 0 atom stereocenters. The molecule has 4 N–H and O–H groups in total. The quantitative estimate of drug-likeness (QED) is 0.536. The minimum absolute atomic E-state index is 0.135. The summed E-state index contributed by atoms with van der Waals surface area (Å²) >= 11 is 0. The second-order valence-electron chi connectivity index (χ2n) is 6.92. The highest BCUT2D eigenvalue weighted by Gasteiger charge is 2.16. The molecule has 0 aliphatic carbocycles. The van der Waals surface area contributed by atoms with E-state index in [1.165, 1.54) is 4.57 Å². The largest absolute Gasteiger partial charge is 0.396 e. The number of likely N-dealkylation sites (N-methyl/N-ethyl adjacent to an activating group) is 1. The van der Waals surface area contributed by atoms with Crippen LogP contribution in [-0.4, -0.2) is 39.0 Å². The van der Waals surface area contributed by atoms with E-state index in [0.717, 1.165) is 5.56 Å². The molecule has 0 spiro atoms. The van der Waals surface area contributed by atoms with Crippen LogP contribution in [0.3, 0.4) is 0 Å². The first-order valence-corrected chi connectivity index (χ1v) is 9.59. The summed E-state index contributed by atoms with van der Waals surface area (Å²) in [6.07, 6.45) is 5.98. The molecule has 3 rings (SSSR count). The van der Waals surface area contributed by atoms with Crippen LogP contribution in [0.4, 0.5) is 11.5 Å². The van der Waals surface area contributed by atoms with E-state index >= 15 is 0 Å². The number of nitrogens with two attached hydrogens (primary N) is 1. The lowest BCUT2D eigenvalue weighted by atomic mass is 10.1. The molecule has 0 radical (unpaired) electrons. The maximum atomic E-state index is 13.1. The number of carbonyl (C=O) groups is 1. The summed E-state index contributed by atoms with van der Waals surface area (Å²) in [7, 11) is 1.57. The number of amides is 1. The van der Waals surface area contributed by atoms with Gasteiger partial charge >= 0.3 is 0 Å². The fourth-order valence-corrected chi connectivity index (χ4v) is 3.06. The van der Waals surface area contributed by atoms with Crippen molar-refractivity contribution in [2.75, 3.05) is 24.6 Å². The first kappa shape index (κ1) is 21.0. The third-order valence-electron chi connectivity index (χ3n) is 4.74. The zero-order chi connectivity index (χ0) is 21.7. The number of pyridine rings is 2. The topological polar surface area (TPSA) is 128 Å². The van der Waals surface area contributed by atoms with Crippen LogP contribution < -0.4 is 21.9 Å². The predicted molar refractivity (Wildman–Crippen MR) is 116 cm³/mol. The molecule has 9 nitrogen and oxygen atoms in total. The molecule has 0 bridgehead atoms. The summed E-state index contributed by atoms with van der Waals surface area (Å²) in [6.45, 7) is 4.09. The Hall–Kier alpha value is -3.75. The van der Waals surface area contributed by atoms with Crippen LogP contribution in [0.25, 0.3) is 5.82 Å². The smallest absolute Gasteiger partial charge is 0.299 e. The number of anilines is 2. The number of nitrogens with one attached hydrogen (secondary N) is 2. The molecule has 0 aromatic carbocycles. The predicted octanol–water partition coefficient (Wildman–Crippen LogP) is 1.16. The average molecular weight is 407 g/mol. The van der Waals surface area contributed by atoms with Gasteiger partial charge in [0.15, 0.2) is 11.6 Å². The third-order valence-corrected chi connectivity index (χ3v) is 4.74. The van der Waals surface area contributed by atoms with Gasteiger partial charge in [0.1, 0.15) is 0 Å². The molecule has 3 heterocycles. The van der Waals surface area contributed by atoms with Gasteiger partial charge in [0.2, 0.25) is 5.91 Å². The van der Waals surface area contributed by atoms with Gasteiger partial charge in [-0.25, -0.2) is 9.97 Å². The van der Waals surface area contributed by atoms with Gasteiger partial charge in [0.05, 0.1) is 12.1 Å². The minimum Gasteiger partial charge on any atom is -0.396 e. The van der Waals surface area contributed by atoms with E-state index in [-0.39, 0.29) is 23.7 Å². The van der Waals surface area contributed by atoms with Crippen molar-refractivity contribution in [3.05, 3.63) is 69.7 Å².